The van der Waals surface area contributed by atoms with E-state index in [9.17, 15) is 8.42 Å². The molecule has 3 aromatic rings. The maximum absolute atomic E-state index is 13.2. The van der Waals surface area contributed by atoms with Crippen molar-refractivity contribution in [1.82, 2.24) is 9.36 Å². The van der Waals surface area contributed by atoms with Crippen LogP contribution in [0.5, 0.6) is 11.5 Å². The van der Waals surface area contributed by atoms with E-state index in [4.69, 9.17) is 21.1 Å². The third-order valence-corrected chi connectivity index (χ3v) is 6.37. The number of hydrogen-bond donors (Lipinski definition) is 0. The largest absolute Gasteiger partial charge is 0.497 e. The number of rotatable bonds is 7. The zero-order valence-corrected chi connectivity index (χ0v) is 16.8. The predicted molar refractivity (Wildman–Crippen MR) is 103 cm³/mol. The molecule has 0 fully saturated rings. The minimum atomic E-state index is -3.97. The van der Waals surface area contributed by atoms with Crippen LogP contribution in [-0.2, 0) is 16.6 Å². The van der Waals surface area contributed by atoms with Crippen LogP contribution in [-0.4, -0.2) is 32.0 Å². The van der Waals surface area contributed by atoms with Crippen molar-refractivity contribution in [2.24, 2.45) is 0 Å². The Hall–Kier alpha value is -2.36. The Bertz CT molecular complexity index is 1030. The standard InChI is InChI=1S/C17H15ClN3O4S2/c1-24-14-7-6-12(16(9-14)25-2)10-21(17-19-11-20-26-17)27(22,23)15-5-3-4-13(18)8-15/h3-7,9,11H,10H2,1-2H3. The Kier molecular flexibility index (Phi) is 5.83. The summed E-state index contributed by atoms with van der Waals surface area (Å²) in [5, 5.41) is 0.427. The van der Waals surface area contributed by atoms with E-state index in [1.165, 1.54) is 19.5 Å². The lowest BCUT2D eigenvalue weighted by atomic mass is 10.2. The third-order valence-electron chi connectivity index (χ3n) is 3.67. The number of halogens is 1. The SMILES string of the molecule is COc1ccc(CN(c2ncns2)S(=O)(=O)c2[c]c(Cl)ccc2)c(OC)c1. The highest BCUT2D eigenvalue weighted by Crippen LogP contribution is 2.31. The number of nitrogens with zero attached hydrogens (tertiary/aromatic N) is 3. The van der Waals surface area contributed by atoms with Gasteiger partial charge in [0.15, 0.2) is 0 Å². The van der Waals surface area contributed by atoms with E-state index in [0.717, 1.165) is 15.8 Å². The first-order chi connectivity index (χ1) is 13.0. The molecule has 1 heterocycles. The monoisotopic (exact) mass is 424 g/mol. The Labute approximate surface area is 166 Å². The normalized spacial score (nSPS) is 11.2. The van der Waals surface area contributed by atoms with Crippen LogP contribution < -0.4 is 13.8 Å². The highest BCUT2D eigenvalue weighted by Gasteiger charge is 2.29. The van der Waals surface area contributed by atoms with Crippen LogP contribution >= 0.6 is 23.1 Å². The second-order valence-electron chi connectivity index (χ2n) is 5.28. The average molecular weight is 425 g/mol. The fourth-order valence-electron chi connectivity index (χ4n) is 2.36. The van der Waals surface area contributed by atoms with Crippen molar-refractivity contribution in [2.45, 2.75) is 11.4 Å². The first-order valence-electron chi connectivity index (χ1n) is 7.64. The lowest BCUT2D eigenvalue weighted by Gasteiger charge is -2.22. The van der Waals surface area contributed by atoms with Crippen molar-refractivity contribution >= 4 is 38.3 Å². The van der Waals surface area contributed by atoms with Crippen molar-refractivity contribution < 1.29 is 17.9 Å². The summed E-state index contributed by atoms with van der Waals surface area (Å²) in [5.41, 5.74) is 0.638. The fraction of sp³-hybridized carbons (Fsp3) is 0.176. The minimum Gasteiger partial charge on any atom is -0.497 e. The molecule has 10 heteroatoms. The van der Waals surface area contributed by atoms with Crippen LogP contribution in [0.4, 0.5) is 5.13 Å². The van der Waals surface area contributed by atoms with E-state index in [-0.39, 0.29) is 21.6 Å². The fourth-order valence-corrected chi connectivity index (χ4v) is 4.71. The molecule has 0 amide bonds. The molecule has 0 aliphatic carbocycles. The smallest absolute Gasteiger partial charge is 0.267 e. The number of ether oxygens (including phenoxy) is 2. The summed E-state index contributed by atoms with van der Waals surface area (Å²) < 4.78 is 42.1. The second kappa shape index (κ2) is 8.12. The molecule has 0 spiro atoms. The Morgan fingerprint density at radius 2 is 2.04 bits per heavy atom. The van der Waals surface area contributed by atoms with Gasteiger partial charge in [-0.15, -0.1) is 0 Å². The van der Waals surface area contributed by atoms with Gasteiger partial charge in [0.1, 0.15) is 17.8 Å². The number of aromatic nitrogens is 2. The van der Waals surface area contributed by atoms with Gasteiger partial charge in [-0.25, -0.2) is 17.7 Å². The molecule has 1 aromatic heterocycles. The topological polar surface area (TPSA) is 81.6 Å². The number of methoxy groups -OCH3 is 2. The number of benzene rings is 2. The van der Waals surface area contributed by atoms with Gasteiger partial charge >= 0.3 is 0 Å². The molecule has 0 atom stereocenters. The quantitative estimate of drug-likeness (QED) is 0.578. The van der Waals surface area contributed by atoms with Crippen LogP contribution in [0.2, 0.25) is 5.02 Å². The lowest BCUT2D eigenvalue weighted by molar-refractivity contribution is 0.391. The summed E-state index contributed by atoms with van der Waals surface area (Å²) in [5.74, 6) is 1.10. The summed E-state index contributed by atoms with van der Waals surface area (Å²) in [6.07, 6.45) is 1.30. The molecule has 27 heavy (non-hydrogen) atoms. The van der Waals surface area contributed by atoms with E-state index < -0.39 is 10.0 Å². The molecule has 1 radical (unpaired) electrons. The number of anilines is 1. The summed E-state index contributed by atoms with van der Waals surface area (Å²) in [6, 6.07) is 12.4. The van der Waals surface area contributed by atoms with Gasteiger partial charge in [0.25, 0.3) is 10.0 Å². The van der Waals surface area contributed by atoms with Gasteiger partial charge in [-0.2, -0.15) is 4.37 Å². The molecule has 0 aliphatic heterocycles. The van der Waals surface area contributed by atoms with Gasteiger partial charge in [0.05, 0.1) is 25.7 Å². The maximum Gasteiger partial charge on any atom is 0.267 e. The van der Waals surface area contributed by atoms with Crippen LogP contribution in [0.1, 0.15) is 5.56 Å². The van der Waals surface area contributed by atoms with E-state index >= 15 is 0 Å². The molecule has 0 N–H and O–H groups in total. The molecule has 3 rings (SSSR count). The highest BCUT2D eigenvalue weighted by molar-refractivity contribution is 7.93. The van der Waals surface area contributed by atoms with Crippen molar-refractivity contribution in [2.75, 3.05) is 18.5 Å². The minimum absolute atomic E-state index is 0.00888. The van der Waals surface area contributed by atoms with Gasteiger partial charge < -0.3 is 9.47 Å². The molecule has 7 nitrogen and oxygen atoms in total. The van der Waals surface area contributed by atoms with Crippen molar-refractivity contribution in [3.8, 4) is 11.5 Å². The zero-order chi connectivity index (χ0) is 19.4. The maximum atomic E-state index is 13.2. The first-order valence-corrected chi connectivity index (χ1v) is 10.2. The molecular formula is C17H15ClN3O4S2. The van der Waals surface area contributed by atoms with Crippen LogP contribution in [0.15, 0.2) is 47.6 Å². The lowest BCUT2D eigenvalue weighted by Crippen LogP contribution is -2.30. The van der Waals surface area contributed by atoms with Gasteiger partial charge in [0, 0.05) is 34.3 Å². The van der Waals surface area contributed by atoms with Crippen LogP contribution in [0.25, 0.3) is 0 Å². The van der Waals surface area contributed by atoms with Crippen molar-refractivity contribution in [3.63, 3.8) is 0 Å². The Balaban J connectivity index is 2.06. The van der Waals surface area contributed by atoms with E-state index in [0.29, 0.717) is 17.1 Å². The summed E-state index contributed by atoms with van der Waals surface area (Å²) in [6.45, 7) is -0.00888. The molecule has 0 bridgehead atoms. The molecule has 2 aromatic carbocycles. The van der Waals surface area contributed by atoms with Crippen molar-refractivity contribution in [1.29, 1.82) is 0 Å². The molecule has 0 aliphatic rings. The molecule has 141 valence electrons. The molecular weight excluding hydrogens is 410 g/mol. The highest BCUT2D eigenvalue weighted by atomic mass is 35.5. The zero-order valence-electron chi connectivity index (χ0n) is 14.4. The van der Waals surface area contributed by atoms with Crippen LogP contribution in [0, 0.1) is 6.07 Å². The molecule has 0 saturated heterocycles. The summed E-state index contributed by atoms with van der Waals surface area (Å²) in [4.78, 5) is 4.00. The van der Waals surface area contributed by atoms with Crippen molar-refractivity contribution in [3.05, 3.63) is 59.4 Å². The Morgan fingerprint density at radius 1 is 1.22 bits per heavy atom. The summed E-state index contributed by atoms with van der Waals surface area (Å²) >= 11 is 6.89. The van der Waals surface area contributed by atoms with Gasteiger partial charge in [0.2, 0.25) is 5.13 Å². The third kappa shape index (κ3) is 4.15. The van der Waals surface area contributed by atoms with Crippen LogP contribution in [0.3, 0.4) is 0 Å². The van der Waals surface area contributed by atoms with E-state index in [1.807, 2.05) is 0 Å². The molecule has 0 saturated carbocycles. The molecule has 0 unspecified atom stereocenters. The first kappa shape index (κ1) is 19.4. The average Bonchev–Trinajstić information content (AvgIpc) is 3.20. The van der Waals surface area contributed by atoms with E-state index in [1.54, 1.807) is 37.4 Å². The van der Waals surface area contributed by atoms with Gasteiger partial charge in [-0.3, -0.25) is 0 Å². The van der Waals surface area contributed by atoms with Gasteiger partial charge in [-0.1, -0.05) is 17.7 Å². The predicted octanol–water partition coefficient (Wildman–Crippen LogP) is 3.40. The number of hydrogen-bond acceptors (Lipinski definition) is 7. The summed E-state index contributed by atoms with van der Waals surface area (Å²) in [7, 11) is -0.921. The second-order valence-corrected chi connectivity index (χ2v) is 8.27. The number of sulfonamides is 1. The Morgan fingerprint density at radius 3 is 2.67 bits per heavy atom. The van der Waals surface area contributed by atoms with Gasteiger partial charge in [-0.05, 0) is 24.3 Å². The van der Waals surface area contributed by atoms with E-state index in [2.05, 4.69) is 15.4 Å².